The Labute approximate surface area is 177 Å². The van der Waals surface area contributed by atoms with Crippen LogP contribution in [0, 0.1) is 13.8 Å². The van der Waals surface area contributed by atoms with E-state index < -0.39 is 0 Å². The van der Waals surface area contributed by atoms with E-state index in [9.17, 15) is 0 Å². The Hall–Kier alpha value is -3.21. The van der Waals surface area contributed by atoms with Crippen LogP contribution in [0.2, 0.25) is 0 Å². The maximum atomic E-state index is 6.15. The fourth-order valence-electron chi connectivity index (χ4n) is 5.03. The summed E-state index contributed by atoms with van der Waals surface area (Å²) in [6, 6.07) is 12.7. The zero-order valence-corrected chi connectivity index (χ0v) is 18.5. The summed E-state index contributed by atoms with van der Waals surface area (Å²) in [6.45, 7) is 11.0. The maximum Gasteiger partial charge on any atom is 0.227 e. The van der Waals surface area contributed by atoms with Crippen LogP contribution in [-0.2, 0) is 12.6 Å². The molecule has 0 bridgehead atoms. The molecule has 0 unspecified atom stereocenters. The van der Waals surface area contributed by atoms with Gasteiger partial charge in [-0.05, 0) is 76.1 Å². The SMILES string of the molecule is Cc1ccc2c(n1)oc1ccc(C)c(C(C)(C)N3C=CN(c4cccn4C)[C@H]3C)c12. The minimum atomic E-state index is -0.249. The largest absolute Gasteiger partial charge is 0.438 e. The third kappa shape index (κ3) is 2.58. The average molecular weight is 401 g/mol. The lowest BCUT2D eigenvalue weighted by Crippen LogP contribution is -2.46. The first kappa shape index (κ1) is 18.8. The molecule has 1 aliphatic rings. The minimum Gasteiger partial charge on any atom is -0.438 e. The number of fused-ring (bicyclic) bond motifs is 3. The van der Waals surface area contributed by atoms with Gasteiger partial charge in [0.1, 0.15) is 17.6 Å². The monoisotopic (exact) mass is 400 g/mol. The quantitative estimate of drug-likeness (QED) is 0.435. The molecule has 0 radical (unpaired) electrons. The first-order chi connectivity index (χ1) is 14.3. The number of hydrogen-bond acceptors (Lipinski definition) is 4. The van der Waals surface area contributed by atoms with E-state index in [1.807, 2.05) is 6.92 Å². The molecule has 1 atom stereocenters. The van der Waals surface area contributed by atoms with Gasteiger partial charge >= 0.3 is 0 Å². The summed E-state index contributed by atoms with van der Waals surface area (Å²) in [5.74, 6) is 1.18. The molecule has 5 rings (SSSR count). The molecule has 0 saturated heterocycles. The second kappa shape index (κ2) is 6.39. The van der Waals surface area contributed by atoms with Crippen LogP contribution >= 0.6 is 0 Å². The molecule has 4 aromatic rings. The zero-order valence-electron chi connectivity index (χ0n) is 18.5. The van der Waals surface area contributed by atoms with Gasteiger partial charge < -0.3 is 18.8 Å². The zero-order chi connectivity index (χ0) is 21.2. The van der Waals surface area contributed by atoms with Gasteiger partial charge in [0.2, 0.25) is 5.71 Å². The van der Waals surface area contributed by atoms with E-state index in [0.29, 0.717) is 5.71 Å². The van der Waals surface area contributed by atoms with Crippen molar-refractivity contribution in [1.29, 1.82) is 0 Å². The summed E-state index contributed by atoms with van der Waals surface area (Å²) in [5.41, 5.74) is 4.87. The molecular formula is C25H28N4O. The van der Waals surface area contributed by atoms with E-state index in [2.05, 4.69) is 109 Å². The number of nitrogens with zero attached hydrogens (tertiary/aromatic N) is 4. The summed E-state index contributed by atoms with van der Waals surface area (Å²) >= 11 is 0. The summed E-state index contributed by atoms with van der Waals surface area (Å²) < 4.78 is 8.30. The normalized spacial score (nSPS) is 17.1. The lowest BCUT2D eigenvalue weighted by molar-refractivity contribution is 0.153. The minimum absolute atomic E-state index is 0.182. The van der Waals surface area contributed by atoms with Crippen molar-refractivity contribution in [2.24, 2.45) is 7.05 Å². The predicted octanol–water partition coefficient (Wildman–Crippen LogP) is 5.81. The molecule has 0 saturated carbocycles. The third-order valence-electron chi connectivity index (χ3n) is 6.48. The van der Waals surface area contributed by atoms with Gasteiger partial charge in [-0.3, -0.25) is 0 Å². The number of hydrogen-bond donors (Lipinski definition) is 0. The summed E-state index contributed by atoms with van der Waals surface area (Å²) in [5, 5.41) is 2.25. The van der Waals surface area contributed by atoms with Gasteiger partial charge in [-0.25, -0.2) is 4.98 Å². The molecule has 1 aromatic carbocycles. The van der Waals surface area contributed by atoms with Crippen LogP contribution in [0.5, 0.6) is 0 Å². The lowest BCUT2D eigenvalue weighted by atomic mass is 9.85. The highest BCUT2D eigenvalue weighted by Crippen LogP contribution is 2.43. The van der Waals surface area contributed by atoms with Crippen molar-refractivity contribution >= 4 is 27.9 Å². The molecule has 0 spiro atoms. The Balaban J connectivity index is 1.66. The van der Waals surface area contributed by atoms with Gasteiger partial charge in [0.05, 0.1) is 5.54 Å². The second-order valence-electron chi connectivity index (χ2n) is 8.82. The first-order valence-electron chi connectivity index (χ1n) is 10.5. The molecular weight excluding hydrogens is 372 g/mol. The molecule has 0 fully saturated rings. The average Bonchev–Trinajstić information content (AvgIpc) is 3.37. The van der Waals surface area contributed by atoms with Crippen molar-refractivity contribution in [2.45, 2.75) is 46.3 Å². The van der Waals surface area contributed by atoms with Crippen molar-refractivity contribution in [1.82, 2.24) is 14.5 Å². The van der Waals surface area contributed by atoms with Crippen LogP contribution in [0.25, 0.3) is 22.1 Å². The van der Waals surface area contributed by atoms with Crippen molar-refractivity contribution < 1.29 is 4.42 Å². The highest BCUT2D eigenvalue weighted by molar-refractivity contribution is 6.06. The summed E-state index contributed by atoms with van der Waals surface area (Å²) in [4.78, 5) is 9.38. The van der Waals surface area contributed by atoms with Crippen LogP contribution in [0.3, 0.4) is 0 Å². The van der Waals surface area contributed by atoms with Crippen molar-refractivity contribution in [2.75, 3.05) is 4.90 Å². The Kier molecular flexibility index (Phi) is 4.01. The highest BCUT2D eigenvalue weighted by atomic mass is 16.3. The number of anilines is 1. The Morgan fingerprint density at radius 3 is 2.57 bits per heavy atom. The smallest absolute Gasteiger partial charge is 0.227 e. The third-order valence-corrected chi connectivity index (χ3v) is 6.48. The van der Waals surface area contributed by atoms with Gasteiger partial charge in [-0.15, -0.1) is 0 Å². The predicted molar refractivity (Wildman–Crippen MR) is 122 cm³/mol. The maximum absolute atomic E-state index is 6.15. The molecule has 5 nitrogen and oxygen atoms in total. The van der Waals surface area contributed by atoms with Crippen LogP contribution in [0.4, 0.5) is 5.82 Å². The van der Waals surface area contributed by atoms with Gasteiger partial charge in [0.15, 0.2) is 0 Å². The van der Waals surface area contributed by atoms with Crippen LogP contribution in [0.1, 0.15) is 37.6 Å². The number of aromatic nitrogens is 2. The number of furan rings is 1. The van der Waals surface area contributed by atoms with E-state index in [4.69, 9.17) is 4.42 Å². The highest BCUT2D eigenvalue weighted by Gasteiger charge is 2.38. The summed E-state index contributed by atoms with van der Waals surface area (Å²) in [7, 11) is 2.08. The van der Waals surface area contributed by atoms with Crippen molar-refractivity contribution in [3.05, 3.63) is 71.8 Å². The Bertz CT molecular complexity index is 1290. The van der Waals surface area contributed by atoms with Crippen LogP contribution < -0.4 is 4.90 Å². The fourth-order valence-corrected chi connectivity index (χ4v) is 5.03. The van der Waals surface area contributed by atoms with E-state index >= 15 is 0 Å². The van der Waals surface area contributed by atoms with E-state index in [0.717, 1.165) is 16.7 Å². The second-order valence-corrected chi connectivity index (χ2v) is 8.82. The van der Waals surface area contributed by atoms with Crippen LogP contribution in [-0.4, -0.2) is 20.6 Å². The number of pyridine rings is 1. The van der Waals surface area contributed by atoms with Gasteiger partial charge in [-0.1, -0.05) is 6.07 Å². The van der Waals surface area contributed by atoms with Crippen molar-refractivity contribution in [3.63, 3.8) is 0 Å². The molecule has 4 heterocycles. The molecule has 154 valence electrons. The van der Waals surface area contributed by atoms with Gasteiger partial charge in [0.25, 0.3) is 0 Å². The molecule has 30 heavy (non-hydrogen) atoms. The number of aryl methyl sites for hydroxylation is 3. The van der Waals surface area contributed by atoms with Gasteiger partial charge in [-0.2, -0.15) is 0 Å². The number of benzene rings is 1. The lowest BCUT2D eigenvalue weighted by Gasteiger charge is -2.42. The van der Waals surface area contributed by atoms with E-state index in [1.165, 1.54) is 22.3 Å². The standard InChI is InChI=1S/C25H28N4O/c1-16-9-12-20-22(19-11-10-17(2)26-24(19)30-20)23(16)25(4,5)29-15-14-28(18(29)3)21-8-7-13-27(21)6/h7-15,18H,1-6H3/t18-/m1/s1. The summed E-state index contributed by atoms with van der Waals surface area (Å²) in [6.07, 6.45) is 6.65. The number of rotatable bonds is 3. The fraction of sp³-hybridized carbons (Fsp3) is 0.320. The molecule has 5 heteroatoms. The van der Waals surface area contributed by atoms with Crippen molar-refractivity contribution in [3.8, 4) is 0 Å². The first-order valence-corrected chi connectivity index (χ1v) is 10.5. The molecule has 1 aliphatic heterocycles. The Morgan fingerprint density at radius 1 is 1.03 bits per heavy atom. The van der Waals surface area contributed by atoms with E-state index in [-0.39, 0.29) is 11.7 Å². The topological polar surface area (TPSA) is 37.4 Å². The van der Waals surface area contributed by atoms with Crippen LogP contribution in [0.15, 0.2) is 59.4 Å². The van der Waals surface area contributed by atoms with E-state index in [1.54, 1.807) is 0 Å². The Morgan fingerprint density at radius 2 is 1.83 bits per heavy atom. The molecule has 0 aliphatic carbocycles. The molecule has 0 amide bonds. The van der Waals surface area contributed by atoms with Gasteiger partial charge in [0, 0.05) is 42.1 Å². The molecule has 0 N–H and O–H groups in total. The molecule has 3 aromatic heterocycles.